The Labute approximate surface area is 81.4 Å². The number of alkyl halides is 1. The van der Waals surface area contributed by atoms with Crippen molar-refractivity contribution in [3.63, 3.8) is 0 Å². The topological polar surface area (TPSA) is 9.23 Å². The van der Waals surface area contributed by atoms with Crippen LogP contribution in [0.15, 0.2) is 0 Å². The fraction of sp³-hybridized carbons (Fsp3) is 1.00. The summed E-state index contributed by atoms with van der Waals surface area (Å²) in [6.45, 7) is 12.7. The molecule has 0 fully saturated rings. The van der Waals surface area contributed by atoms with E-state index < -0.39 is 0 Å². The summed E-state index contributed by atoms with van der Waals surface area (Å²) < 4.78 is 5.82. The predicted molar refractivity (Wildman–Crippen MR) is 54.8 cm³/mol. The molecule has 74 valence electrons. The highest BCUT2D eigenvalue weighted by atomic mass is 35.5. The average Bonchev–Trinajstić information content (AvgIpc) is 1.84. The van der Waals surface area contributed by atoms with E-state index in [1.165, 1.54) is 0 Å². The standard InChI is InChI=1S/C10H21ClO/c1-8(7-11)12-10(5,6)9(2,3)4/h8H,7H2,1-6H3. The van der Waals surface area contributed by atoms with Gasteiger partial charge in [0.05, 0.1) is 11.7 Å². The van der Waals surface area contributed by atoms with Gasteiger partial charge in [-0.15, -0.1) is 11.6 Å². The smallest absolute Gasteiger partial charge is 0.0689 e. The van der Waals surface area contributed by atoms with Crippen LogP contribution in [0.2, 0.25) is 0 Å². The highest BCUT2D eigenvalue weighted by Gasteiger charge is 2.34. The molecule has 0 heterocycles. The van der Waals surface area contributed by atoms with Crippen LogP contribution in [0.1, 0.15) is 41.5 Å². The van der Waals surface area contributed by atoms with Crippen molar-refractivity contribution in [1.82, 2.24) is 0 Å². The average molecular weight is 193 g/mol. The Hall–Kier alpha value is 0.250. The fourth-order valence-corrected chi connectivity index (χ4v) is 0.774. The highest BCUT2D eigenvalue weighted by molar-refractivity contribution is 6.18. The van der Waals surface area contributed by atoms with E-state index in [4.69, 9.17) is 16.3 Å². The quantitative estimate of drug-likeness (QED) is 0.623. The van der Waals surface area contributed by atoms with Gasteiger partial charge in [0, 0.05) is 5.88 Å². The van der Waals surface area contributed by atoms with Crippen molar-refractivity contribution in [2.75, 3.05) is 5.88 Å². The van der Waals surface area contributed by atoms with Gasteiger partial charge in [-0.3, -0.25) is 0 Å². The van der Waals surface area contributed by atoms with Crippen LogP contribution >= 0.6 is 11.6 Å². The van der Waals surface area contributed by atoms with Crippen molar-refractivity contribution in [2.24, 2.45) is 5.41 Å². The molecule has 0 spiro atoms. The molecule has 1 nitrogen and oxygen atoms in total. The minimum Gasteiger partial charge on any atom is -0.371 e. The lowest BCUT2D eigenvalue weighted by atomic mass is 9.79. The molecule has 0 rings (SSSR count). The fourth-order valence-electron chi connectivity index (χ4n) is 0.711. The molecule has 0 aromatic carbocycles. The third-order valence-corrected chi connectivity index (χ3v) is 2.95. The van der Waals surface area contributed by atoms with Crippen LogP contribution in [-0.2, 0) is 4.74 Å². The summed E-state index contributed by atoms with van der Waals surface area (Å²) in [6.07, 6.45) is 0.126. The van der Waals surface area contributed by atoms with E-state index in [-0.39, 0.29) is 17.1 Å². The van der Waals surface area contributed by atoms with E-state index in [1.807, 2.05) is 6.92 Å². The Balaban J connectivity index is 4.22. The Morgan fingerprint density at radius 1 is 1.17 bits per heavy atom. The van der Waals surface area contributed by atoms with Gasteiger partial charge >= 0.3 is 0 Å². The summed E-state index contributed by atoms with van der Waals surface area (Å²) in [4.78, 5) is 0. The largest absolute Gasteiger partial charge is 0.371 e. The predicted octanol–water partition coefficient (Wildman–Crippen LogP) is 3.46. The second-order valence-corrected chi connectivity index (χ2v) is 5.15. The molecular formula is C10H21ClO. The van der Waals surface area contributed by atoms with Crippen molar-refractivity contribution in [1.29, 1.82) is 0 Å². The van der Waals surface area contributed by atoms with Crippen molar-refractivity contribution in [3.05, 3.63) is 0 Å². The molecular weight excluding hydrogens is 172 g/mol. The van der Waals surface area contributed by atoms with E-state index in [0.717, 1.165) is 0 Å². The van der Waals surface area contributed by atoms with Gasteiger partial charge in [-0.2, -0.15) is 0 Å². The maximum Gasteiger partial charge on any atom is 0.0689 e. The van der Waals surface area contributed by atoms with Gasteiger partial charge in [0.25, 0.3) is 0 Å². The molecule has 0 aromatic rings. The molecule has 1 unspecified atom stereocenters. The van der Waals surface area contributed by atoms with Gasteiger partial charge in [0.15, 0.2) is 0 Å². The second-order valence-electron chi connectivity index (χ2n) is 4.84. The zero-order chi connectivity index (χ0) is 9.99. The normalized spacial score (nSPS) is 16.2. The summed E-state index contributed by atoms with van der Waals surface area (Å²) in [7, 11) is 0. The van der Waals surface area contributed by atoms with E-state index in [0.29, 0.717) is 5.88 Å². The molecule has 0 aromatic heterocycles. The van der Waals surface area contributed by atoms with Gasteiger partial charge in [-0.25, -0.2) is 0 Å². The highest BCUT2D eigenvalue weighted by Crippen LogP contribution is 2.33. The second kappa shape index (κ2) is 3.97. The first-order valence-corrected chi connectivity index (χ1v) is 4.98. The van der Waals surface area contributed by atoms with Crippen LogP contribution in [0.4, 0.5) is 0 Å². The van der Waals surface area contributed by atoms with Gasteiger partial charge in [-0.05, 0) is 26.2 Å². The summed E-state index contributed by atoms with van der Waals surface area (Å²) in [5.74, 6) is 0.555. The first kappa shape index (κ1) is 12.2. The van der Waals surface area contributed by atoms with E-state index >= 15 is 0 Å². The molecule has 0 radical (unpaired) electrons. The van der Waals surface area contributed by atoms with E-state index in [2.05, 4.69) is 34.6 Å². The molecule has 0 saturated carbocycles. The maximum absolute atomic E-state index is 5.82. The summed E-state index contributed by atoms with van der Waals surface area (Å²) in [5.41, 5.74) is 0.0224. The SMILES string of the molecule is CC(CCl)OC(C)(C)C(C)(C)C. The molecule has 0 aliphatic rings. The Bertz CT molecular complexity index is 135. The molecule has 2 heteroatoms. The molecule has 0 saturated heterocycles. The molecule has 0 bridgehead atoms. The third kappa shape index (κ3) is 3.32. The van der Waals surface area contributed by atoms with Crippen molar-refractivity contribution in [2.45, 2.75) is 53.2 Å². The van der Waals surface area contributed by atoms with Crippen molar-refractivity contribution < 1.29 is 4.74 Å². The molecule has 0 aliphatic heterocycles. The number of halogens is 1. The minimum atomic E-state index is -0.124. The lowest BCUT2D eigenvalue weighted by Crippen LogP contribution is -2.42. The van der Waals surface area contributed by atoms with Gasteiger partial charge in [0.1, 0.15) is 0 Å². The molecule has 12 heavy (non-hydrogen) atoms. The zero-order valence-corrected chi connectivity index (χ0v) is 9.83. The van der Waals surface area contributed by atoms with Crippen LogP contribution in [0, 0.1) is 5.41 Å². The number of hydrogen-bond acceptors (Lipinski definition) is 1. The first-order chi connectivity index (χ1) is 5.20. The lowest BCUT2D eigenvalue weighted by Gasteiger charge is -2.40. The van der Waals surface area contributed by atoms with Crippen molar-refractivity contribution in [3.8, 4) is 0 Å². The van der Waals surface area contributed by atoms with E-state index in [1.54, 1.807) is 0 Å². The number of hydrogen-bond donors (Lipinski definition) is 0. The number of rotatable bonds is 3. The molecule has 0 N–H and O–H groups in total. The minimum absolute atomic E-state index is 0.124. The Kier molecular flexibility index (Phi) is 4.05. The Morgan fingerprint density at radius 3 is 1.83 bits per heavy atom. The Morgan fingerprint density at radius 2 is 1.58 bits per heavy atom. The van der Waals surface area contributed by atoms with Gasteiger partial charge < -0.3 is 4.74 Å². The first-order valence-electron chi connectivity index (χ1n) is 4.44. The lowest BCUT2D eigenvalue weighted by molar-refractivity contribution is -0.117. The van der Waals surface area contributed by atoms with Crippen LogP contribution in [0.5, 0.6) is 0 Å². The molecule has 0 amide bonds. The van der Waals surface area contributed by atoms with Crippen LogP contribution in [0.3, 0.4) is 0 Å². The molecule has 0 aliphatic carbocycles. The summed E-state index contributed by atoms with van der Waals surface area (Å²) >= 11 is 5.68. The monoisotopic (exact) mass is 192 g/mol. The van der Waals surface area contributed by atoms with Crippen LogP contribution in [-0.4, -0.2) is 17.6 Å². The summed E-state index contributed by atoms with van der Waals surface area (Å²) in [5, 5.41) is 0. The van der Waals surface area contributed by atoms with E-state index in [9.17, 15) is 0 Å². The van der Waals surface area contributed by atoms with Crippen LogP contribution in [0.25, 0.3) is 0 Å². The van der Waals surface area contributed by atoms with Crippen LogP contribution < -0.4 is 0 Å². The third-order valence-electron chi connectivity index (χ3n) is 2.52. The van der Waals surface area contributed by atoms with Gasteiger partial charge in [-0.1, -0.05) is 20.8 Å². The van der Waals surface area contributed by atoms with Gasteiger partial charge in [0.2, 0.25) is 0 Å². The molecule has 1 atom stereocenters. The van der Waals surface area contributed by atoms with Crippen molar-refractivity contribution >= 4 is 11.6 Å². The number of ether oxygens (including phenoxy) is 1. The zero-order valence-electron chi connectivity index (χ0n) is 9.07. The maximum atomic E-state index is 5.82. The summed E-state index contributed by atoms with van der Waals surface area (Å²) in [6, 6.07) is 0.